The molecule has 0 aromatic carbocycles. The molecule has 0 amide bonds. The van der Waals surface area contributed by atoms with Gasteiger partial charge in [-0.05, 0) is 25.7 Å². The molecule has 1 nitrogen and oxygen atoms in total. The molecule has 72 valence electrons. The number of rotatable bonds is 5. The molecule has 1 saturated carbocycles. The van der Waals surface area contributed by atoms with E-state index in [2.05, 4.69) is 36.7 Å². The Labute approximate surface area is 84.0 Å². The van der Waals surface area contributed by atoms with Crippen LogP contribution in [-0.4, -0.2) is 18.0 Å². The molecular weight excluding hydrogens is 216 g/mol. The van der Waals surface area contributed by atoms with Gasteiger partial charge in [0.1, 0.15) is 0 Å². The van der Waals surface area contributed by atoms with Crippen LogP contribution in [0.2, 0.25) is 0 Å². The Morgan fingerprint density at radius 3 is 2.25 bits per heavy atom. The van der Waals surface area contributed by atoms with Gasteiger partial charge in [0.15, 0.2) is 0 Å². The van der Waals surface area contributed by atoms with Gasteiger partial charge in [0, 0.05) is 10.7 Å². The molecule has 1 atom stereocenters. The first kappa shape index (κ1) is 10.5. The van der Waals surface area contributed by atoms with Crippen molar-refractivity contribution in [1.82, 2.24) is 0 Å². The van der Waals surface area contributed by atoms with Crippen LogP contribution in [0.4, 0.5) is 0 Å². The quantitative estimate of drug-likeness (QED) is 0.665. The van der Waals surface area contributed by atoms with Crippen LogP contribution in [0.5, 0.6) is 0 Å². The number of hydrogen-bond donors (Lipinski definition) is 0. The fraction of sp³-hybridized carbons (Fsp3) is 1.00. The van der Waals surface area contributed by atoms with Gasteiger partial charge in [-0.1, -0.05) is 29.8 Å². The summed E-state index contributed by atoms with van der Waals surface area (Å²) in [4.78, 5) is 0. The van der Waals surface area contributed by atoms with Crippen LogP contribution in [0.1, 0.15) is 33.6 Å². The highest BCUT2D eigenvalue weighted by Crippen LogP contribution is 2.47. The minimum atomic E-state index is 0.404. The molecule has 0 heterocycles. The summed E-state index contributed by atoms with van der Waals surface area (Å²) in [6, 6.07) is 0. The summed E-state index contributed by atoms with van der Waals surface area (Å²) in [5.74, 6) is 0.635. The third-order valence-corrected chi connectivity index (χ3v) is 4.02. The Balaban J connectivity index is 2.17. The SMILES string of the molecule is CC(C)C(C)OCC1(CBr)CC1. The summed E-state index contributed by atoms with van der Waals surface area (Å²) in [6.45, 7) is 7.52. The van der Waals surface area contributed by atoms with Crippen molar-refractivity contribution in [3.63, 3.8) is 0 Å². The highest BCUT2D eigenvalue weighted by atomic mass is 79.9. The number of halogens is 1. The molecule has 0 N–H and O–H groups in total. The van der Waals surface area contributed by atoms with Crippen LogP contribution >= 0.6 is 15.9 Å². The third kappa shape index (κ3) is 2.74. The van der Waals surface area contributed by atoms with E-state index in [-0.39, 0.29) is 0 Å². The summed E-state index contributed by atoms with van der Waals surface area (Å²) in [6.07, 6.45) is 3.08. The van der Waals surface area contributed by atoms with Crippen molar-refractivity contribution >= 4 is 15.9 Å². The van der Waals surface area contributed by atoms with Crippen molar-refractivity contribution in [2.45, 2.75) is 39.7 Å². The molecule has 0 aliphatic heterocycles. The summed E-state index contributed by atoms with van der Waals surface area (Å²) in [5, 5.41) is 1.10. The van der Waals surface area contributed by atoms with Gasteiger partial charge in [-0.15, -0.1) is 0 Å². The molecule has 1 aliphatic rings. The second kappa shape index (κ2) is 4.10. The summed E-state index contributed by atoms with van der Waals surface area (Å²) >= 11 is 3.54. The summed E-state index contributed by atoms with van der Waals surface area (Å²) < 4.78 is 5.79. The van der Waals surface area contributed by atoms with Gasteiger partial charge in [-0.2, -0.15) is 0 Å². The van der Waals surface area contributed by atoms with E-state index in [1.807, 2.05) is 0 Å². The van der Waals surface area contributed by atoms with Gasteiger partial charge in [-0.3, -0.25) is 0 Å². The fourth-order valence-electron chi connectivity index (χ4n) is 0.994. The standard InChI is InChI=1S/C10H19BrO/c1-8(2)9(3)12-7-10(6-11)4-5-10/h8-9H,4-7H2,1-3H3. The van der Waals surface area contributed by atoms with E-state index in [1.54, 1.807) is 0 Å². The molecule has 0 radical (unpaired) electrons. The maximum Gasteiger partial charge on any atom is 0.0570 e. The lowest BCUT2D eigenvalue weighted by Gasteiger charge is -2.20. The van der Waals surface area contributed by atoms with Gasteiger partial charge >= 0.3 is 0 Å². The molecule has 1 aliphatic carbocycles. The van der Waals surface area contributed by atoms with E-state index in [9.17, 15) is 0 Å². The van der Waals surface area contributed by atoms with Gasteiger partial charge in [0.2, 0.25) is 0 Å². The topological polar surface area (TPSA) is 9.23 Å². The highest BCUT2D eigenvalue weighted by Gasteiger charge is 2.42. The highest BCUT2D eigenvalue weighted by molar-refractivity contribution is 9.09. The van der Waals surface area contributed by atoms with E-state index < -0.39 is 0 Å². The Hall–Kier alpha value is 0.440. The molecule has 0 saturated heterocycles. The van der Waals surface area contributed by atoms with Crippen molar-refractivity contribution in [2.75, 3.05) is 11.9 Å². The zero-order valence-electron chi connectivity index (χ0n) is 8.27. The van der Waals surface area contributed by atoms with Crippen molar-refractivity contribution in [3.8, 4) is 0 Å². The lowest BCUT2D eigenvalue weighted by atomic mass is 10.1. The summed E-state index contributed by atoms with van der Waals surface area (Å²) in [7, 11) is 0. The van der Waals surface area contributed by atoms with Gasteiger partial charge < -0.3 is 4.74 Å². The van der Waals surface area contributed by atoms with E-state index in [0.29, 0.717) is 17.4 Å². The van der Waals surface area contributed by atoms with Crippen molar-refractivity contribution in [1.29, 1.82) is 0 Å². The smallest absolute Gasteiger partial charge is 0.0570 e. The number of ether oxygens (including phenoxy) is 1. The van der Waals surface area contributed by atoms with Crippen LogP contribution < -0.4 is 0 Å². The van der Waals surface area contributed by atoms with Crippen molar-refractivity contribution in [3.05, 3.63) is 0 Å². The maximum atomic E-state index is 5.79. The fourth-order valence-corrected chi connectivity index (χ4v) is 1.72. The first-order valence-corrected chi connectivity index (χ1v) is 5.89. The van der Waals surface area contributed by atoms with Crippen molar-refractivity contribution < 1.29 is 4.74 Å². The second-order valence-corrected chi connectivity index (χ2v) is 4.95. The second-order valence-electron chi connectivity index (χ2n) is 4.39. The minimum absolute atomic E-state index is 0.404. The Morgan fingerprint density at radius 2 is 1.92 bits per heavy atom. The van der Waals surface area contributed by atoms with Crippen LogP contribution in [0.25, 0.3) is 0 Å². The van der Waals surface area contributed by atoms with E-state index >= 15 is 0 Å². The van der Waals surface area contributed by atoms with Gasteiger partial charge in [-0.25, -0.2) is 0 Å². The third-order valence-electron chi connectivity index (χ3n) is 2.83. The first-order valence-electron chi connectivity index (χ1n) is 4.77. The number of hydrogen-bond acceptors (Lipinski definition) is 1. The average Bonchev–Trinajstić information content (AvgIpc) is 2.81. The van der Waals surface area contributed by atoms with Crippen molar-refractivity contribution in [2.24, 2.45) is 11.3 Å². The average molecular weight is 235 g/mol. The lowest BCUT2D eigenvalue weighted by molar-refractivity contribution is 0.0124. The van der Waals surface area contributed by atoms with Gasteiger partial charge in [0.05, 0.1) is 12.7 Å². The molecule has 0 bridgehead atoms. The van der Waals surface area contributed by atoms with Crippen LogP contribution in [0, 0.1) is 11.3 Å². The maximum absolute atomic E-state index is 5.79. The number of alkyl halides is 1. The first-order chi connectivity index (χ1) is 5.59. The molecule has 12 heavy (non-hydrogen) atoms. The van der Waals surface area contributed by atoms with E-state index in [1.165, 1.54) is 12.8 Å². The van der Waals surface area contributed by atoms with E-state index in [0.717, 1.165) is 11.9 Å². The van der Waals surface area contributed by atoms with Crippen LogP contribution in [0.15, 0.2) is 0 Å². The normalized spacial score (nSPS) is 22.8. The zero-order valence-corrected chi connectivity index (χ0v) is 9.86. The molecule has 0 spiro atoms. The molecule has 1 unspecified atom stereocenters. The summed E-state index contributed by atoms with van der Waals surface area (Å²) in [5.41, 5.74) is 0.503. The molecular formula is C10H19BrO. The van der Waals surface area contributed by atoms with Gasteiger partial charge in [0.25, 0.3) is 0 Å². The largest absolute Gasteiger partial charge is 0.378 e. The molecule has 1 rings (SSSR count). The Morgan fingerprint density at radius 1 is 1.33 bits per heavy atom. The Bertz CT molecular complexity index is 141. The minimum Gasteiger partial charge on any atom is -0.378 e. The molecule has 0 aromatic heterocycles. The zero-order chi connectivity index (χ0) is 9.19. The molecule has 1 fully saturated rings. The molecule has 0 aromatic rings. The predicted octanol–water partition coefficient (Wildman–Crippen LogP) is 3.22. The van der Waals surface area contributed by atoms with Crippen LogP contribution in [-0.2, 0) is 4.74 Å². The molecule has 2 heteroatoms. The lowest BCUT2D eigenvalue weighted by Crippen LogP contribution is -2.21. The Kier molecular flexibility index (Phi) is 3.59. The van der Waals surface area contributed by atoms with E-state index in [4.69, 9.17) is 4.74 Å². The predicted molar refractivity (Wildman–Crippen MR) is 55.7 cm³/mol. The van der Waals surface area contributed by atoms with Crippen LogP contribution in [0.3, 0.4) is 0 Å². The monoisotopic (exact) mass is 234 g/mol.